The van der Waals surface area contributed by atoms with Crippen LogP contribution in [-0.2, 0) is 11.3 Å². The van der Waals surface area contributed by atoms with Gasteiger partial charge in [-0.3, -0.25) is 4.79 Å². The topological polar surface area (TPSA) is 50.2 Å². The number of hydrogen-bond acceptors (Lipinski definition) is 3. The second kappa shape index (κ2) is 7.28. The number of nitrogens with one attached hydrogen (secondary N) is 1. The fourth-order valence-electron chi connectivity index (χ4n) is 2.28. The molecule has 0 aliphatic heterocycles. The van der Waals surface area contributed by atoms with Gasteiger partial charge in [-0.15, -0.1) is 0 Å². The molecule has 1 aromatic rings. The predicted molar refractivity (Wildman–Crippen MR) is 74.7 cm³/mol. The Balaban J connectivity index is 1.50. The molecule has 0 aromatic carbocycles. The number of aryl methyl sites for hydroxylation is 1. The number of unbranched alkanes of at least 4 members (excludes halogenated alkanes) is 1. The quantitative estimate of drug-likeness (QED) is 0.683. The van der Waals surface area contributed by atoms with E-state index < -0.39 is 0 Å². The van der Waals surface area contributed by atoms with Gasteiger partial charge in [0.05, 0.1) is 12.9 Å². The van der Waals surface area contributed by atoms with Crippen molar-refractivity contribution in [3.05, 3.63) is 18.7 Å². The van der Waals surface area contributed by atoms with Gasteiger partial charge in [-0.05, 0) is 39.2 Å². The van der Waals surface area contributed by atoms with E-state index in [9.17, 15) is 4.79 Å². The van der Waals surface area contributed by atoms with Crippen LogP contribution in [-0.4, -0.2) is 46.0 Å². The first kappa shape index (κ1) is 14.1. The van der Waals surface area contributed by atoms with Gasteiger partial charge >= 0.3 is 0 Å². The zero-order chi connectivity index (χ0) is 13.5. The Morgan fingerprint density at radius 2 is 2.32 bits per heavy atom. The van der Waals surface area contributed by atoms with Gasteiger partial charge in [0.1, 0.15) is 0 Å². The van der Waals surface area contributed by atoms with E-state index in [0.29, 0.717) is 12.6 Å². The van der Waals surface area contributed by atoms with Crippen molar-refractivity contribution < 1.29 is 4.79 Å². The monoisotopic (exact) mass is 264 g/mol. The lowest BCUT2D eigenvalue weighted by molar-refractivity contribution is -0.130. The molecule has 0 unspecified atom stereocenters. The van der Waals surface area contributed by atoms with Crippen molar-refractivity contribution in [3.8, 4) is 0 Å². The maximum atomic E-state index is 11.9. The molecule has 0 atom stereocenters. The Hall–Kier alpha value is -1.36. The maximum absolute atomic E-state index is 11.9. The standard InChI is InChI=1S/C14H24N4O/c1-2-18(13-5-6-13)14(19)11-15-7-3-4-9-17-10-8-16-12-17/h8,10,12-13,15H,2-7,9,11H2,1H3. The first-order chi connectivity index (χ1) is 9.31. The van der Waals surface area contributed by atoms with Crippen LogP contribution in [0.2, 0.25) is 0 Å². The van der Waals surface area contributed by atoms with Gasteiger partial charge in [-0.2, -0.15) is 0 Å². The molecule has 1 aliphatic carbocycles. The molecule has 1 aliphatic rings. The molecule has 2 rings (SSSR count). The Morgan fingerprint density at radius 1 is 1.47 bits per heavy atom. The van der Waals surface area contributed by atoms with Crippen molar-refractivity contribution in [2.75, 3.05) is 19.6 Å². The molecule has 1 heterocycles. The number of hydrogen-bond donors (Lipinski definition) is 1. The van der Waals surface area contributed by atoms with Gasteiger partial charge in [-0.1, -0.05) is 0 Å². The van der Waals surface area contributed by atoms with Gasteiger partial charge in [0.2, 0.25) is 5.91 Å². The van der Waals surface area contributed by atoms with Gasteiger partial charge in [0.15, 0.2) is 0 Å². The molecule has 0 bridgehead atoms. The van der Waals surface area contributed by atoms with Gasteiger partial charge < -0.3 is 14.8 Å². The van der Waals surface area contributed by atoms with E-state index in [-0.39, 0.29) is 5.91 Å². The summed E-state index contributed by atoms with van der Waals surface area (Å²) >= 11 is 0. The lowest BCUT2D eigenvalue weighted by Gasteiger charge is -2.20. The highest BCUT2D eigenvalue weighted by atomic mass is 16.2. The molecule has 19 heavy (non-hydrogen) atoms. The number of rotatable bonds is 9. The Bertz CT molecular complexity index is 373. The van der Waals surface area contributed by atoms with E-state index in [4.69, 9.17) is 0 Å². The van der Waals surface area contributed by atoms with E-state index in [0.717, 1.165) is 32.5 Å². The highest BCUT2D eigenvalue weighted by Crippen LogP contribution is 2.26. The van der Waals surface area contributed by atoms with E-state index in [1.54, 1.807) is 6.20 Å². The normalized spacial score (nSPS) is 14.6. The Morgan fingerprint density at radius 3 is 2.95 bits per heavy atom. The zero-order valence-electron chi connectivity index (χ0n) is 11.7. The smallest absolute Gasteiger partial charge is 0.236 e. The summed E-state index contributed by atoms with van der Waals surface area (Å²) in [5.74, 6) is 0.250. The van der Waals surface area contributed by atoms with Gasteiger partial charge in [0, 0.05) is 31.5 Å². The average Bonchev–Trinajstić information content (AvgIpc) is 3.10. The van der Waals surface area contributed by atoms with Crippen molar-refractivity contribution in [2.24, 2.45) is 0 Å². The summed E-state index contributed by atoms with van der Waals surface area (Å²) in [6.45, 7) is 5.28. The minimum Gasteiger partial charge on any atom is -0.339 e. The molecule has 0 radical (unpaired) electrons. The molecule has 5 nitrogen and oxygen atoms in total. The molecule has 0 saturated heterocycles. The van der Waals surface area contributed by atoms with Crippen LogP contribution in [0.3, 0.4) is 0 Å². The molecular formula is C14H24N4O. The first-order valence-corrected chi connectivity index (χ1v) is 7.27. The Labute approximate surface area is 115 Å². The summed E-state index contributed by atoms with van der Waals surface area (Å²) in [5, 5.41) is 3.25. The third-order valence-electron chi connectivity index (χ3n) is 3.50. The van der Waals surface area contributed by atoms with Gasteiger partial charge in [0.25, 0.3) is 0 Å². The zero-order valence-corrected chi connectivity index (χ0v) is 11.7. The van der Waals surface area contributed by atoms with Gasteiger partial charge in [-0.25, -0.2) is 4.98 Å². The number of carbonyl (C=O) groups is 1. The molecule has 1 saturated carbocycles. The van der Waals surface area contributed by atoms with Crippen LogP contribution in [0.4, 0.5) is 0 Å². The lowest BCUT2D eigenvalue weighted by Crippen LogP contribution is -2.39. The largest absolute Gasteiger partial charge is 0.339 e. The summed E-state index contributed by atoms with van der Waals surface area (Å²) in [6.07, 6.45) is 10.2. The molecule has 5 heteroatoms. The highest BCUT2D eigenvalue weighted by Gasteiger charge is 2.30. The van der Waals surface area contributed by atoms with Crippen LogP contribution in [0, 0.1) is 0 Å². The number of aromatic nitrogens is 2. The summed E-state index contributed by atoms with van der Waals surface area (Å²) < 4.78 is 2.08. The van der Waals surface area contributed by atoms with Crippen LogP contribution in [0.5, 0.6) is 0 Å². The summed E-state index contributed by atoms with van der Waals surface area (Å²) in [4.78, 5) is 17.9. The average molecular weight is 264 g/mol. The number of imidazole rings is 1. The minimum atomic E-state index is 0.250. The van der Waals surface area contributed by atoms with Crippen LogP contribution < -0.4 is 5.32 Å². The first-order valence-electron chi connectivity index (χ1n) is 7.27. The number of amides is 1. The van der Waals surface area contributed by atoms with E-state index in [1.807, 2.05) is 17.4 Å². The molecule has 0 spiro atoms. The third-order valence-corrected chi connectivity index (χ3v) is 3.50. The fraction of sp³-hybridized carbons (Fsp3) is 0.714. The maximum Gasteiger partial charge on any atom is 0.236 e. The molecular weight excluding hydrogens is 240 g/mol. The van der Waals surface area contributed by atoms with Crippen molar-refractivity contribution >= 4 is 5.91 Å². The van der Waals surface area contributed by atoms with Crippen LogP contribution in [0.25, 0.3) is 0 Å². The highest BCUT2D eigenvalue weighted by molar-refractivity contribution is 5.78. The lowest BCUT2D eigenvalue weighted by atomic mass is 10.3. The Kier molecular flexibility index (Phi) is 5.39. The van der Waals surface area contributed by atoms with E-state index in [2.05, 4.69) is 21.8 Å². The van der Waals surface area contributed by atoms with E-state index >= 15 is 0 Å². The molecule has 1 N–H and O–H groups in total. The van der Waals surface area contributed by atoms with Crippen molar-refractivity contribution in [1.29, 1.82) is 0 Å². The van der Waals surface area contributed by atoms with Crippen LogP contribution >= 0.6 is 0 Å². The van der Waals surface area contributed by atoms with Crippen molar-refractivity contribution in [3.63, 3.8) is 0 Å². The summed E-state index contributed by atoms with van der Waals surface area (Å²) in [5.41, 5.74) is 0. The third kappa shape index (κ3) is 4.67. The van der Waals surface area contributed by atoms with Crippen molar-refractivity contribution in [1.82, 2.24) is 19.8 Å². The summed E-state index contributed by atoms with van der Waals surface area (Å²) in [7, 11) is 0. The number of likely N-dealkylation sites (N-methyl/N-ethyl adjacent to an activating group) is 1. The predicted octanol–water partition coefficient (Wildman–Crippen LogP) is 1.26. The second-order valence-corrected chi connectivity index (χ2v) is 5.10. The SMILES string of the molecule is CCN(C(=O)CNCCCCn1ccnc1)C1CC1. The summed E-state index contributed by atoms with van der Waals surface area (Å²) in [6, 6.07) is 0.528. The second-order valence-electron chi connectivity index (χ2n) is 5.10. The molecule has 106 valence electrons. The van der Waals surface area contributed by atoms with Crippen molar-refractivity contribution in [2.45, 2.75) is 45.2 Å². The minimum absolute atomic E-state index is 0.250. The number of nitrogens with zero attached hydrogens (tertiary/aromatic N) is 3. The molecule has 1 aromatic heterocycles. The van der Waals surface area contributed by atoms with Crippen LogP contribution in [0.1, 0.15) is 32.6 Å². The van der Waals surface area contributed by atoms with Crippen LogP contribution in [0.15, 0.2) is 18.7 Å². The fourth-order valence-corrected chi connectivity index (χ4v) is 2.28. The molecule has 1 amide bonds. The van der Waals surface area contributed by atoms with E-state index in [1.165, 1.54) is 12.8 Å². The number of carbonyl (C=O) groups excluding carboxylic acids is 1. The molecule has 1 fully saturated rings.